The van der Waals surface area contributed by atoms with Gasteiger partial charge in [0.15, 0.2) is 5.65 Å². The maximum atomic E-state index is 14.5. The number of halogens is 2. The molecule has 0 radical (unpaired) electrons. The molecule has 1 aromatic carbocycles. The number of hydrogen-bond donors (Lipinski definition) is 1. The molecule has 4 aromatic heterocycles. The molecule has 1 aliphatic rings. The highest BCUT2D eigenvalue weighted by atomic mass is 19.1. The minimum absolute atomic E-state index is 0.271. The van der Waals surface area contributed by atoms with Crippen molar-refractivity contribution in [2.24, 2.45) is 0 Å². The van der Waals surface area contributed by atoms with Gasteiger partial charge < -0.3 is 9.88 Å². The summed E-state index contributed by atoms with van der Waals surface area (Å²) in [7, 11) is 0. The maximum Gasteiger partial charge on any atom is 0.168 e. The van der Waals surface area contributed by atoms with Crippen molar-refractivity contribution in [1.29, 1.82) is 0 Å². The molecule has 6 rings (SSSR count). The molecule has 1 fully saturated rings. The zero-order chi connectivity index (χ0) is 21.8. The summed E-state index contributed by atoms with van der Waals surface area (Å²) in [6.45, 7) is 2.64. The molecule has 5 aromatic rings. The van der Waals surface area contributed by atoms with Crippen LogP contribution in [-0.4, -0.2) is 36.1 Å². The number of H-pyrrole nitrogens is 1. The normalized spacial score (nSPS) is 16.5. The van der Waals surface area contributed by atoms with Gasteiger partial charge in [0, 0.05) is 24.5 Å². The molecule has 7 nitrogen and oxygen atoms in total. The standard InChI is InChI=1S/C23H19F2N7/c1-13-21-18(6-8-26-13)28-22(30-21)16-12-27-32-10-7-20(29-23(16)32)31-9-2-3-19(31)15-11-14(24)4-5-17(15)25/h4-8,10-12,19H,2-3,9H2,1H3,(H,28,30)/t19-/m1/s1. The number of rotatable bonds is 3. The predicted octanol–water partition coefficient (Wildman–Crippen LogP) is 4.60. The van der Waals surface area contributed by atoms with Gasteiger partial charge in [-0.3, -0.25) is 4.98 Å². The van der Waals surface area contributed by atoms with Gasteiger partial charge in [0.1, 0.15) is 23.3 Å². The lowest BCUT2D eigenvalue weighted by Gasteiger charge is -2.26. The quantitative estimate of drug-likeness (QED) is 0.452. The fourth-order valence-corrected chi connectivity index (χ4v) is 4.52. The SMILES string of the molecule is Cc1nccc2nc(-c3cnn4ccc(N5CCC[C@@H]5c5cc(F)ccc5F)nc34)[nH]c12. The Morgan fingerprint density at radius 1 is 1.12 bits per heavy atom. The van der Waals surface area contributed by atoms with Crippen molar-refractivity contribution in [2.45, 2.75) is 25.8 Å². The smallest absolute Gasteiger partial charge is 0.168 e. The van der Waals surface area contributed by atoms with Gasteiger partial charge in [-0.15, -0.1) is 0 Å². The van der Waals surface area contributed by atoms with Crippen molar-refractivity contribution in [3.63, 3.8) is 0 Å². The summed E-state index contributed by atoms with van der Waals surface area (Å²) < 4.78 is 30.0. The van der Waals surface area contributed by atoms with E-state index in [0.717, 1.165) is 41.2 Å². The summed E-state index contributed by atoms with van der Waals surface area (Å²) in [4.78, 5) is 19.2. The van der Waals surface area contributed by atoms with E-state index < -0.39 is 11.6 Å². The van der Waals surface area contributed by atoms with Gasteiger partial charge in [-0.25, -0.2) is 23.3 Å². The first-order valence-corrected chi connectivity index (χ1v) is 10.5. The van der Waals surface area contributed by atoms with Crippen molar-refractivity contribution >= 4 is 22.5 Å². The number of fused-ring (bicyclic) bond motifs is 2. The second-order valence-electron chi connectivity index (χ2n) is 8.01. The minimum Gasteiger partial charge on any atom is -0.349 e. The van der Waals surface area contributed by atoms with E-state index in [0.29, 0.717) is 29.4 Å². The summed E-state index contributed by atoms with van der Waals surface area (Å²) in [6, 6.07) is 7.05. The number of imidazole rings is 1. The number of hydrogen-bond acceptors (Lipinski definition) is 5. The molecule has 0 aliphatic carbocycles. The largest absolute Gasteiger partial charge is 0.349 e. The lowest BCUT2D eigenvalue weighted by molar-refractivity contribution is 0.560. The second-order valence-corrected chi connectivity index (χ2v) is 8.01. The Bertz CT molecular complexity index is 1470. The fraction of sp³-hybridized carbons (Fsp3) is 0.217. The Balaban J connectivity index is 1.44. The zero-order valence-corrected chi connectivity index (χ0v) is 17.3. The number of aryl methyl sites for hydroxylation is 1. The topological polar surface area (TPSA) is 75.0 Å². The number of pyridine rings is 1. The third kappa shape index (κ3) is 2.92. The first-order chi connectivity index (χ1) is 15.6. The van der Waals surface area contributed by atoms with Crippen LogP contribution in [0, 0.1) is 18.6 Å². The van der Waals surface area contributed by atoms with E-state index in [9.17, 15) is 8.78 Å². The van der Waals surface area contributed by atoms with E-state index in [1.54, 1.807) is 16.9 Å². The van der Waals surface area contributed by atoms with Gasteiger partial charge in [-0.1, -0.05) is 0 Å². The van der Waals surface area contributed by atoms with Crippen LogP contribution >= 0.6 is 0 Å². The minimum atomic E-state index is -0.440. The third-order valence-corrected chi connectivity index (χ3v) is 6.07. The van der Waals surface area contributed by atoms with Gasteiger partial charge in [0.2, 0.25) is 0 Å². The van der Waals surface area contributed by atoms with Crippen molar-refractivity contribution in [1.82, 2.24) is 29.5 Å². The highest BCUT2D eigenvalue weighted by molar-refractivity contribution is 5.84. The first kappa shape index (κ1) is 18.9. The maximum absolute atomic E-state index is 14.5. The van der Waals surface area contributed by atoms with Crippen molar-refractivity contribution in [2.75, 3.05) is 11.4 Å². The van der Waals surface area contributed by atoms with Crippen LogP contribution in [0.3, 0.4) is 0 Å². The van der Waals surface area contributed by atoms with E-state index in [4.69, 9.17) is 4.98 Å². The average molecular weight is 431 g/mol. The number of benzene rings is 1. The summed E-state index contributed by atoms with van der Waals surface area (Å²) >= 11 is 0. The van der Waals surface area contributed by atoms with E-state index in [1.807, 2.05) is 30.2 Å². The van der Waals surface area contributed by atoms with E-state index in [2.05, 4.69) is 20.1 Å². The molecule has 160 valence electrons. The molecule has 0 unspecified atom stereocenters. The van der Waals surface area contributed by atoms with Crippen LogP contribution < -0.4 is 4.90 Å². The summed E-state index contributed by atoms with van der Waals surface area (Å²) in [5.41, 5.74) is 4.32. The molecule has 1 saturated heterocycles. The molecule has 0 bridgehead atoms. The third-order valence-electron chi connectivity index (χ3n) is 6.07. The Labute approximate surface area is 181 Å². The number of anilines is 1. The second kappa shape index (κ2) is 7.08. The van der Waals surface area contributed by atoms with Gasteiger partial charge in [0.05, 0.1) is 34.5 Å². The predicted molar refractivity (Wildman–Crippen MR) is 116 cm³/mol. The van der Waals surface area contributed by atoms with Crippen LogP contribution in [0.1, 0.15) is 30.1 Å². The van der Waals surface area contributed by atoms with Gasteiger partial charge in [0.25, 0.3) is 0 Å². The Morgan fingerprint density at radius 3 is 2.91 bits per heavy atom. The molecule has 0 spiro atoms. The van der Waals surface area contributed by atoms with Crippen LogP contribution in [0.5, 0.6) is 0 Å². The Hall–Kier alpha value is -3.88. The zero-order valence-electron chi connectivity index (χ0n) is 17.3. The van der Waals surface area contributed by atoms with Crippen molar-refractivity contribution < 1.29 is 8.78 Å². The van der Waals surface area contributed by atoms with Crippen molar-refractivity contribution in [3.8, 4) is 11.4 Å². The molecular weight excluding hydrogens is 412 g/mol. The average Bonchev–Trinajstić information content (AvgIpc) is 3.52. The molecule has 0 saturated carbocycles. The number of nitrogens with one attached hydrogen (secondary N) is 1. The molecule has 5 heterocycles. The molecule has 1 N–H and O–H groups in total. The first-order valence-electron chi connectivity index (χ1n) is 10.5. The van der Waals surface area contributed by atoms with Crippen LogP contribution in [0.25, 0.3) is 28.1 Å². The highest BCUT2D eigenvalue weighted by Gasteiger charge is 2.30. The molecule has 1 atom stereocenters. The lowest BCUT2D eigenvalue weighted by atomic mass is 10.0. The molecule has 1 aliphatic heterocycles. The van der Waals surface area contributed by atoms with Gasteiger partial charge >= 0.3 is 0 Å². The number of aromatic amines is 1. The Kier molecular flexibility index (Phi) is 4.17. The van der Waals surface area contributed by atoms with Gasteiger partial charge in [-0.05, 0) is 50.1 Å². The lowest BCUT2D eigenvalue weighted by Crippen LogP contribution is -2.24. The molecule has 0 amide bonds. The molecule has 9 heteroatoms. The molecule has 32 heavy (non-hydrogen) atoms. The van der Waals surface area contributed by atoms with Crippen LogP contribution in [0.15, 0.2) is 48.9 Å². The van der Waals surface area contributed by atoms with E-state index in [-0.39, 0.29) is 6.04 Å². The summed E-state index contributed by atoms with van der Waals surface area (Å²) in [6.07, 6.45) is 6.88. The van der Waals surface area contributed by atoms with Crippen LogP contribution in [0.2, 0.25) is 0 Å². The van der Waals surface area contributed by atoms with E-state index in [1.165, 1.54) is 12.1 Å². The number of aromatic nitrogens is 6. The number of nitrogens with zero attached hydrogens (tertiary/aromatic N) is 6. The highest BCUT2D eigenvalue weighted by Crippen LogP contribution is 2.37. The summed E-state index contributed by atoms with van der Waals surface area (Å²) in [5.74, 6) is 0.509. The molecular formula is C23H19F2N7. The fourth-order valence-electron chi connectivity index (χ4n) is 4.52. The van der Waals surface area contributed by atoms with E-state index >= 15 is 0 Å². The Morgan fingerprint density at radius 2 is 2.03 bits per heavy atom. The van der Waals surface area contributed by atoms with Crippen molar-refractivity contribution in [3.05, 3.63) is 71.8 Å². The van der Waals surface area contributed by atoms with Gasteiger partial charge in [-0.2, -0.15) is 5.10 Å². The monoisotopic (exact) mass is 431 g/mol. The van der Waals surface area contributed by atoms with Crippen LogP contribution in [0.4, 0.5) is 14.6 Å². The summed E-state index contributed by atoms with van der Waals surface area (Å²) in [5, 5.41) is 4.41. The van der Waals surface area contributed by atoms with Crippen LogP contribution in [-0.2, 0) is 0 Å².